The van der Waals surface area contributed by atoms with Gasteiger partial charge in [0.05, 0.1) is 0 Å². The standard InChI is InChI=1S/C15H19N/c1-16-14-8-4-2-6-12(14)10-11-13-7-3-5-9-15(13)16/h2,4,6,8,10-11,13,15H,3,5,7,9H2,1H3/t13?,15-/m1/s1. The molecule has 1 saturated carbocycles. The molecule has 2 aliphatic rings. The smallest absolute Gasteiger partial charge is 0.0439 e. The van der Waals surface area contributed by atoms with Gasteiger partial charge in [-0.15, -0.1) is 0 Å². The van der Waals surface area contributed by atoms with Gasteiger partial charge in [-0.1, -0.05) is 43.2 Å². The van der Waals surface area contributed by atoms with Crippen LogP contribution in [0.2, 0.25) is 0 Å². The Bertz CT molecular complexity index is 408. The van der Waals surface area contributed by atoms with Gasteiger partial charge in [-0.05, 0) is 30.4 Å². The van der Waals surface area contributed by atoms with E-state index in [0.29, 0.717) is 6.04 Å². The Morgan fingerprint density at radius 3 is 2.88 bits per heavy atom. The van der Waals surface area contributed by atoms with Gasteiger partial charge >= 0.3 is 0 Å². The predicted molar refractivity (Wildman–Crippen MR) is 69.6 cm³/mol. The van der Waals surface area contributed by atoms with Crippen molar-refractivity contribution >= 4 is 11.8 Å². The zero-order valence-corrected chi connectivity index (χ0v) is 9.89. The first-order chi connectivity index (χ1) is 7.86. The molecule has 3 rings (SSSR count). The van der Waals surface area contributed by atoms with E-state index >= 15 is 0 Å². The Kier molecular flexibility index (Phi) is 2.47. The number of hydrogen-bond acceptors (Lipinski definition) is 1. The molecule has 1 nitrogen and oxygen atoms in total. The number of para-hydroxylation sites is 1. The molecule has 0 saturated heterocycles. The molecule has 0 amide bonds. The number of fused-ring (bicyclic) bond motifs is 2. The van der Waals surface area contributed by atoms with Crippen molar-refractivity contribution in [1.82, 2.24) is 0 Å². The largest absolute Gasteiger partial charge is 0.371 e. The third-order valence-corrected chi connectivity index (χ3v) is 4.12. The summed E-state index contributed by atoms with van der Waals surface area (Å²) in [5, 5.41) is 0. The SMILES string of the molecule is CN1c2ccccc2C=CC2CCCC[C@H]21. The zero-order chi connectivity index (χ0) is 11.0. The van der Waals surface area contributed by atoms with Crippen LogP contribution in [-0.4, -0.2) is 13.1 Å². The molecule has 1 aromatic rings. The first-order valence-electron chi connectivity index (χ1n) is 6.36. The number of hydrogen-bond donors (Lipinski definition) is 0. The molecule has 1 aliphatic carbocycles. The summed E-state index contributed by atoms with van der Waals surface area (Å²) in [6.07, 6.45) is 10.3. The molecule has 84 valence electrons. The fourth-order valence-corrected chi connectivity index (χ4v) is 3.20. The van der Waals surface area contributed by atoms with E-state index in [1.165, 1.54) is 36.9 Å². The van der Waals surface area contributed by atoms with Gasteiger partial charge in [-0.25, -0.2) is 0 Å². The van der Waals surface area contributed by atoms with Crippen molar-refractivity contribution in [3.05, 3.63) is 35.9 Å². The lowest BCUT2D eigenvalue weighted by Crippen LogP contribution is -2.38. The zero-order valence-electron chi connectivity index (χ0n) is 9.89. The van der Waals surface area contributed by atoms with Crippen LogP contribution < -0.4 is 4.90 Å². The number of benzene rings is 1. The Hall–Kier alpha value is -1.24. The monoisotopic (exact) mass is 213 g/mol. The summed E-state index contributed by atoms with van der Waals surface area (Å²) in [6.45, 7) is 0. The normalized spacial score (nSPS) is 28.2. The highest BCUT2D eigenvalue weighted by Gasteiger charge is 2.29. The van der Waals surface area contributed by atoms with Crippen molar-refractivity contribution in [1.29, 1.82) is 0 Å². The minimum atomic E-state index is 0.716. The molecular formula is C15H19N. The van der Waals surface area contributed by atoms with Gasteiger partial charge in [0.25, 0.3) is 0 Å². The van der Waals surface area contributed by atoms with Crippen LogP contribution in [0.5, 0.6) is 0 Å². The third kappa shape index (κ3) is 1.55. The molecule has 0 radical (unpaired) electrons. The average Bonchev–Trinajstić information content (AvgIpc) is 2.49. The van der Waals surface area contributed by atoms with Crippen LogP contribution in [0.3, 0.4) is 0 Å². The molecule has 1 heterocycles. The lowest BCUT2D eigenvalue weighted by atomic mass is 9.84. The summed E-state index contributed by atoms with van der Waals surface area (Å²) in [7, 11) is 2.26. The van der Waals surface area contributed by atoms with Crippen LogP contribution >= 0.6 is 0 Å². The van der Waals surface area contributed by atoms with E-state index in [2.05, 4.69) is 48.4 Å². The van der Waals surface area contributed by atoms with Crippen LogP contribution in [0.4, 0.5) is 5.69 Å². The predicted octanol–water partition coefficient (Wildman–Crippen LogP) is 3.71. The molecule has 16 heavy (non-hydrogen) atoms. The molecule has 1 fully saturated rings. The first-order valence-corrected chi connectivity index (χ1v) is 6.36. The van der Waals surface area contributed by atoms with E-state index in [-0.39, 0.29) is 0 Å². The Balaban J connectivity index is 2.03. The fourth-order valence-electron chi connectivity index (χ4n) is 3.20. The summed E-state index contributed by atoms with van der Waals surface area (Å²) in [4.78, 5) is 2.50. The van der Waals surface area contributed by atoms with Gasteiger partial charge in [0, 0.05) is 18.8 Å². The number of rotatable bonds is 0. The lowest BCUT2D eigenvalue weighted by molar-refractivity contribution is 0.353. The van der Waals surface area contributed by atoms with Gasteiger partial charge in [0.2, 0.25) is 0 Å². The van der Waals surface area contributed by atoms with E-state index in [1.807, 2.05) is 0 Å². The Morgan fingerprint density at radius 2 is 1.94 bits per heavy atom. The highest BCUT2D eigenvalue weighted by molar-refractivity contribution is 5.69. The van der Waals surface area contributed by atoms with Gasteiger partial charge in [-0.3, -0.25) is 0 Å². The summed E-state index contributed by atoms with van der Waals surface area (Å²) in [5.74, 6) is 0.756. The summed E-state index contributed by atoms with van der Waals surface area (Å²) in [6, 6.07) is 9.46. The molecule has 0 spiro atoms. The first kappa shape index (κ1) is 9.95. The van der Waals surface area contributed by atoms with Crippen LogP contribution in [0.1, 0.15) is 31.2 Å². The van der Waals surface area contributed by atoms with Gasteiger partial charge < -0.3 is 4.90 Å². The van der Waals surface area contributed by atoms with Gasteiger partial charge in [0.15, 0.2) is 0 Å². The Morgan fingerprint density at radius 1 is 1.12 bits per heavy atom. The van der Waals surface area contributed by atoms with Crippen LogP contribution in [0.25, 0.3) is 6.08 Å². The molecule has 2 atom stereocenters. The van der Waals surface area contributed by atoms with E-state index in [1.54, 1.807) is 0 Å². The summed E-state index contributed by atoms with van der Waals surface area (Å²) < 4.78 is 0. The van der Waals surface area contributed by atoms with Crippen LogP contribution in [0.15, 0.2) is 30.3 Å². The minimum Gasteiger partial charge on any atom is -0.371 e. The van der Waals surface area contributed by atoms with E-state index < -0.39 is 0 Å². The lowest BCUT2D eigenvalue weighted by Gasteiger charge is -2.37. The van der Waals surface area contributed by atoms with Crippen molar-refractivity contribution < 1.29 is 0 Å². The number of anilines is 1. The fraction of sp³-hybridized carbons (Fsp3) is 0.467. The van der Waals surface area contributed by atoms with Gasteiger partial charge in [-0.2, -0.15) is 0 Å². The second-order valence-corrected chi connectivity index (χ2v) is 5.04. The highest BCUT2D eigenvalue weighted by Crippen LogP contribution is 2.36. The topological polar surface area (TPSA) is 3.24 Å². The summed E-state index contributed by atoms with van der Waals surface area (Å²) in [5.41, 5.74) is 2.77. The molecule has 0 bridgehead atoms. The van der Waals surface area contributed by atoms with E-state index in [9.17, 15) is 0 Å². The second-order valence-electron chi connectivity index (χ2n) is 5.04. The van der Waals surface area contributed by atoms with Crippen molar-refractivity contribution in [3.63, 3.8) is 0 Å². The van der Waals surface area contributed by atoms with Gasteiger partial charge in [0.1, 0.15) is 0 Å². The minimum absolute atomic E-state index is 0.716. The molecule has 1 heteroatoms. The highest BCUT2D eigenvalue weighted by atomic mass is 15.1. The van der Waals surface area contributed by atoms with Crippen molar-refractivity contribution in [3.8, 4) is 0 Å². The van der Waals surface area contributed by atoms with Crippen LogP contribution in [-0.2, 0) is 0 Å². The second kappa shape index (κ2) is 3.97. The molecule has 1 unspecified atom stereocenters. The number of nitrogens with zero attached hydrogens (tertiary/aromatic N) is 1. The molecular weight excluding hydrogens is 194 g/mol. The maximum absolute atomic E-state index is 2.50. The average molecular weight is 213 g/mol. The maximum Gasteiger partial charge on any atom is 0.0439 e. The van der Waals surface area contributed by atoms with Crippen molar-refractivity contribution in [2.75, 3.05) is 11.9 Å². The quantitative estimate of drug-likeness (QED) is 0.635. The molecule has 1 aromatic carbocycles. The Labute approximate surface area is 97.8 Å². The van der Waals surface area contributed by atoms with Crippen molar-refractivity contribution in [2.45, 2.75) is 31.7 Å². The van der Waals surface area contributed by atoms with Crippen LogP contribution in [0, 0.1) is 5.92 Å². The van der Waals surface area contributed by atoms with Crippen molar-refractivity contribution in [2.24, 2.45) is 5.92 Å². The molecule has 1 aliphatic heterocycles. The molecule has 0 N–H and O–H groups in total. The third-order valence-electron chi connectivity index (χ3n) is 4.12. The van der Waals surface area contributed by atoms with E-state index in [4.69, 9.17) is 0 Å². The molecule has 0 aromatic heterocycles. The maximum atomic E-state index is 2.50. The summed E-state index contributed by atoms with van der Waals surface area (Å²) >= 11 is 0. The van der Waals surface area contributed by atoms with E-state index in [0.717, 1.165) is 5.92 Å².